The van der Waals surface area contributed by atoms with Crippen molar-refractivity contribution in [2.24, 2.45) is 0 Å². The second-order valence-corrected chi connectivity index (χ2v) is 0.781. The molecule has 0 atom stereocenters. The Bertz CT molecular complexity index is 16.4. The van der Waals surface area contributed by atoms with E-state index in [1.807, 2.05) is 13.8 Å². The molecule has 0 aromatic heterocycles. The number of hydrogen-bond donors (Lipinski definition) is 0. The van der Waals surface area contributed by atoms with Crippen LogP contribution < -0.4 is 0 Å². The summed E-state index contributed by atoms with van der Waals surface area (Å²) in [5, 5.41) is 0. The minimum absolute atomic E-state index is 0. The smallest absolute Gasteiger partial charge is 0.0437 e. The van der Waals surface area contributed by atoms with E-state index in [9.17, 15) is 0 Å². The highest BCUT2D eigenvalue weighted by Gasteiger charge is 1.64. The van der Waals surface area contributed by atoms with Crippen LogP contribution in [-0.2, 0) is 4.74 Å². The standard InChI is InChI=1S/C4H10O.4H2O/c1-3-5-4-2;;;;/h3-4H2,1-2H3;4*1H2. The van der Waals surface area contributed by atoms with Crippen LogP contribution in [-0.4, -0.2) is 35.1 Å². The van der Waals surface area contributed by atoms with Gasteiger partial charge in [0, 0.05) is 13.2 Å². The summed E-state index contributed by atoms with van der Waals surface area (Å²) in [6.45, 7) is 5.67. The SMILES string of the molecule is CCOCC.O.O.O.O. The first-order valence-electron chi connectivity index (χ1n) is 1.99. The van der Waals surface area contributed by atoms with Gasteiger partial charge >= 0.3 is 0 Å². The quantitative estimate of drug-likeness (QED) is 0.427. The molecule has 0 amide bonds. The second kappa shape index (κ2) is 46.0. The lowest BCUT2D eigenvalue weighted by Gasteiger charge is -1.86. The monoisotopic (exact) mass is 146 g/mol. The predicted octanol–water partition coefficient (Wildman–Crippen LogP) is -2.26. The third kappa shape index (κ3) is 81.0. The van der Waals surface area contributed by atoms with E-state index in [1.165, 1.54) is 0 Å². The zero-order valence-corrected chi connectivity index (χ0v) is 5.82. The summed E-state index contributed by atoms with van der Waals surface area (Å²) < 4.78 is 4.83. The Morgan fingerprint density at radius 3 is 1.00 bits per heavy atom. The molecule has 0 unspecified atom stereocenters. The predicted molar refractivity (Wildman–Crippen MR) is 36.6 cm³/mol. The molecule has 5 heteroatoms. The second-order valence-electron chi connectivity index (χ2n) is 0.781. The van der Waals surface area contributed by atoms with Gasteiger partial charge in [0.2, 0.25) is 0 Å². The summed E-state index contributed by atoms with van der Waals surface area (Å²) >= 11 is 0. The van der Waals surface area contributed by atoms with Gasteiger partial charge in [-0.15, -0.1) is 0 Å². The van der Waals surface area contributed by atoms with E-state index in [-0.39, 0.29) is 21.9 Å². The molecule has 0 aromatic rings. The first-order valence-corrected chi connectivity index (χ1v) is 1.99. The zero-order valence-electron chi connectivity index (χ0n) is 5.82. The van der Waals surface area contributed by atoms with E-state index < -0.39 is 0 Å². The van der Waals surface area contributed by atoms with Gasteiger partial charge in [-0.25, -0.2) is 0 Å². The zero-order chi connectivity index (χ0) is 4.12. The molecule has 0 radical (unpaired) electrons. The van der Waals surface area contributed by atoms with E-state index in [0.717, 1.165) is 13.2 Å². The van der Waals surface area contributed by atoms with Crippen molar-refractivity contribution in [3.05, 3.63) is 0 Å². The lowest BCUT2D eigenvalue weighted by Crippen LogP contribution is -1.84. The first kappa shape index (κ1) is 37.1. The van der Waals surface area contributed by atoms with Gasteiger partial charge in [-0.3, -0.25) is 0 Å². The van der Waals surface area contributed by atoms with Crippen LogP contribution in [0.25, 0.3) is 0 Å². The maximum absolute atomic E-state index is 4.83. The van der Waals surface area contributed by atoms with Crippen molar-refractivity contribution in [1.29, 1.82) is 0 Å². The molecule has 0 spiro atoms. The van der Waals surface area contributed by atoms with Gasteiger partial charge in [0.15, 0.2) is 0 Å². The summed E-state index contributed by atoms with van der Waals surface area (Å²) in [6.07, 6.45) is 0. The molecule has 5 nitrogen and oxygen atoms in total. The van der Waals surface area contributed by atoms with E-state index in [4.69, 9.17) is 4.74 Å². The van der Waals surface area contributed by atoms with Crippen LogP contribution in [0.5, 0.6) is 0 Å². The summed E-state index contributed by atoms with van der Waals surface area (Å²) in [6, 6.07) is 0. The molecule has 0 saturated heterocycles. The lowest BCUT2D eigenvalue weighted by atomic mass is 10.8. The summed E-state index contributed by atoms with van der Waals surface area (Å²) in [7, 11) is 0. The minimum atomic E-state index is 0. The Labute approximate surface area is 54.9 Å². The van der Waals surface area contributed by atoms with Crippen LogP contribution >= 0.6 is 0 Å². The van der Waals surface area contributed by atoms with E-state index >= 15 is 0 Å². The Hall–Kier alpha value is -0.200. The van der Waals surface area contributed by atoms with Crippen molar-refractivity contribution in [2.45, 2.75) is 13.8 Å². The Morgan fingerprint density at radius 2 is 1.00 bits per heavy atom. The van der Waals surface area contributed by atoms with Crippen molar-refractivity contribution >= 4 is 0 Å². The summed E-state index contributed by atoms with van der Waals surface area (Å²) in [5.74, 6) is 0. The molecule has 64 valence electrons. The average Bonchev–Trinajstić information content (AvgIpc) is 1.41. The first-order chi connectivity index (χ1) is 2.41. The highest BCUT2D eigenvalue weighted by Crippen LogP contribution is 1.64. The molecule has 0 aromatic carbocycles. The maximum atomic E-state index is 4.83. The lowest BCUT2D eigenvalue weighted by molar-refractivity contribution is 0.162. The number of ether oxygens (including phenoxy) is 1. The highest BCUT2D eigenvalue weighted by molar-refractivity contribution is 4.07. The topological polar surface area (TPSA) is 135 Å². The van der Waals surface area contributed by atoms with Crippen LogP contribution in [0.1, 0.15) is 13.8 Å². The van der Waals surface area contributed by atoms with Gasteiger partial charge in [0.25, 0.3) is 0 Å². The van der Waals surface area contributed by atoms with Crippen molar-refractivity contribution in [3.8, 4) is 0 Å². The van der Waals surface area contributed by atoms with Crippen molar-refractivity contribution in [3.63, 3.8) is 0 Å². The van der Waals surface area contributed by atoms with Gasteiger partial charge in [-0.05, 0) is 13.8 Å². The number of rotatable bonds is 2. The van der Waals surface area contributed by atoms with Crippen LogP contribution in [0.2, 0.25) is 0 Å². The molecule has 0 heterocycles. The van der Waals surface area contributed by atoms with Crippen molar-refractivity contribution < 1.29 is 26.6 Å². The van der Waals surface area contributed by atoms with E-state index in [2.05, 4.69) is 0 Å². The molecule has 0 aliphatic carbocycles. The fourth-order valence-electron chi connectivity index (χ4n) is 0.204. The van der Waals surface area contributed by atoms with Crippen LogP contribution in [0.3, 0.4) is 0 Å². The normalized spacial score (nSPS) is 4.67. The molecule has 0 aliphatic heterocycles. The van der Waals surface area contributed by atoms with Gasteiger partial charge < -0.3 is 26.6 Å². The van der Waals surface area contributed by atoms with Gasteiger partial charge in [-0.2, -0.15) is 0 Å². The molecule has 0 aliphatic rings. The maximum Gasteiger partial charge on any atom is 0.0437 e. The Balaban J connectivity index is -0.0000000133. The fourth-order valence-corrected chi connectivity index (χ4v) is 0.204. The third-order valence-electron chi connectivity index (χ3n) is 0.408. The van der Waals surface area contributed by atoms with Gasteiger partial charge in [0.05, 0.1) is 0 Å². The molecule has 9 heavy (non-hydrogen) atoms. The molecular formula is C4H18O5. The summed E-state index contributed by atoms with van der Waals surface area (Å²) in [5.41, 5.74) is 0. The molecule has 0 bridgehead atoms. The van der Waals surface area contributed by atoms with E-state index in [0.29, 0.717) is 0 Å². The molecule has 0 saturated carbocycles. The fraction of sp³-hybridized carbons (Fsp3) is 1.00. The largest absolute Gasteiger partial charge is 0.412 e. The molecular weight excluding hydrogens is 128 g/mol. The number of hydrogen-bond acceptors (Lipinski definition) is 1. The molecule has 0 rings (SSSR count). The summed E-state index contributed by atoms with van der Waals surface area (Å²) in [4.78, 5) is 0. The van der Waals surface area contributed by atoms with Crippen LogP contribution in [0.4, 0.5) is 0 Å². The van der Waals surface area contributed by atoms with Gasteiger partial charge in [0.1, 0.15) is 0 Å². The van der Waals surface area contributed by atoms with Gasteiger partial charge in [-0.1, -0.05) is 0 Å². The Kier molecular flexibility index (Phi) is 190. The van der Waals surface area contributed by atoms with Crippen LogP contribution in [0, 0.1) is 0 Å². The van der Waals surface area contributed by atoms with E-state index in [1.54, 1.807) is 0 Å². The molecule has 8 N–H and O–H groups in total. The highest BCUT2D eigenvalue weighted by atomic mass is 16.5. The Morgan fingerprint density at radius 1 is 0.778 bits per heavy atom. The molecule has 0 fully saturated rings. The third-order valence-corrected chi connectivity index (χ3v) is 0.408. The minimum Gasteiger partial charge on any atom is -0.412 e. The van der Waals surface area contributed by atoms with Crippen molar-refractivity contribution in [2.75, 3.05) is 13.2 Å². The van der Waals surface area contributed by atoms with Crippen LogP contribution in [0.15, 0.2) is 0 Å². The average molecular weight is 146 g/mol. The van der Waals surface area contributed by atoms with Crippen molar-refractivity contribution in [1.82, 2.24) is 0 Å².